The Hall–Kier alpha value is -2.32. The average Bonchev–Trinajstić information content (AvgIpc) is 2.65. The SMILES string of the molecule is Cc1cccc(C(=O)N2CCCC(N(Cc3cccnc3)S(C)(=O)=O)C2)n1. The quantitative estimate of drug-likeness (QED) is 0.781. The van der Waals surface area contributed by atoms with Gasteiger partial charge in [0.05, 0.1) is 6.26 Å². The predicted molar refractivity (Wildman–Crippen MR) is 103 cm³/mol. The van der Waals surface area contributed by atoms with Gasteiger partial charge in [-0.15, -0.1) is 0 Å². The smallest absolute Gasteiger partial charge is 0.272 e. The summed E-state index contributed by atoms with van der Waals surface area (Å²) in [6.45, 7) is 3.06. The van der Waals surface area contributed by atoms with Gasteiger partial charge in [0.15, 0.2) is 0 Å². The lowest BCUT2D eigenvalue weighted by Crippen LogP contribution is -2.51. The van der Waals surface area contributed by atoms with Gasteiger partial charge in [-0.1, -0.05) is 12.1 Å². The van der Waals surface area contributed by atoms with Crippen molar-refractivity contribution in [3.63, 3.8) is 0 Å². The molecule has 0 aromatic carbocycles. The van der Waals surface area contributed by atoms with Gasteiger partial charge in [0.1, 0.15) is 5.69 Å². The second-order valence-corrected chi connectivity index (χ2v) is 8.82. The molecule has 1 aliphatic rings. The molecule has 1 amide bonds. The van der Waals surface area contributed by atoms with Crippen molar-refractivity contribution in [3.05, 3.63) is 59.7 Å². The van der Waals surface area contributed by atoms with Gasteiger partial charge in [0.25, 0.3) is 5.91 Å². The fraction of sp³-hybridized carbons (Fsp3) is 0.421. The topological polar surface area (TPSA) is 83.5 Å². The fourth-order valence-corrected chi connectivity index (χ4v) is 4.48. The Morgan fingerprint density at radius 2 is 2.11 bits per heavy atom. The first-order chi connectivity index (χ1) is 12.8. The Labute approximate surface area is 160 Å². The molecule has 2 aromatic rings. The maximum absolute atomic E-state index is 12.8. The van der Waals surface area contributed by atoms with Crippen LogP contribution in [-0.4, -0.2) is 58.9 Å². The van der Waals surface area contributed by atoms with Crippen molar-refractivity contribution in [2.75, 3.05) is 19.3 Å². The van der Waals surface area contributed by atoms with Crippen LogP contribution in [0.3, 0.4) is 0 Å². The lowest BCUT2D eigenvalue weighted by Gasteiger charge is -2.38. The maximum atomic E-state index is 12.8. The molecule has 1 atom stereocenters. The standard InChI is InChI=1S/C19H24N4O3S/c1-15-6-3-9-18(21-15)19(24)22-11-5-8-17(14-22)23(27(2,25)26)13-16-7-4-10-20-12-16/h3-4,6-7,9-10,12,17H,5,8,11,13-14H2,1-2H3. The molecule has 1 fully saturated rings. The van der Waals surface area contributed by atoms with Gasteiger partial charge in [-0.25, -0.2) is 13.4 Å². The number of hydrogen-bond acceptors (Lipinski definition) is 5. The molecule has 0 bridgehead atoms. The first kappa shape index (κ1) is 19.4. The van der Waals surface area contributed by atoms with Gasteiger partial charge in [-0.3, -0.25) is 9.78 Å². The largest absolute Gasteiger partial charge is 0.336 e. The van der Waals surface area contributed by atoms with Crippen LogP contribution in [0.4, 0.5) is 0 Å². The molecule has 1 aliphatic heterocycles. The summed E-state index contributed by atoms with van der Waals surface area (Å²) in [4.78, 5) is 22.9. The number of carbonyl (C=O) groups excluding carboxylic acids is 1. The lowest BCUT2D eigenvalue weighted by molar-refractivity contribution is 0.0644. The number of nitrogens with zero attached hydrogens (tertiary/aromatic N) is 4. The Morgan fingerprint density at radius 1 is 1.30 bits per heavy atom. The molecule has 7 nitrogen and oxygen atoms in total. The van der Waals surface area contributed by atoms with E-state index in [2.05, 4.69) is 9.97 Å². The number of carbonyl (C=O) groups is 1. The zero-order valence-corrected chi connectivity index (χ0v) is 16.4. The summed E-state index contributed by atoms with van der Waals surface area (Å²) in [5.41, 5.74) is 2.00. The van der Waals surface area contributed by atoms with E-state index >= 15 is 0 Å². The maximum Gasteiger partial charge on any atom is 0.272 e. The third kappa shape index (κ3) is 4.90. The van der Waals surface area contributed by atoms with Gasteiger partial charge in [-0.05, 0) is 43.5 Å². The van der Waals surface area contributed by atoms with Crippen molar-refractivity contribution in [2.24, 2.45) is 0 Å². The molecule has 0 saturated carbocycles. The number of aromatic nitrogens is 2. The zero-order valence-electron chi connectivity index (χ0n) is 15.6. The van der Waals surface area contributed by atoms with Crippen molar-refractivity contribution in [1.29, 1.82) is 0 Å². The van der Waals surface area contributed by atoms with E-state index in [9.17, 15) is 13.2 Å². The van der Waals surface area contributed by atoms with E-state index in [1.165, 1.54) is 10.6 Å². The first-order valence-electron chi connectivity index (χ1n) is 8.93. The molecule has 0 radical (unpaired) electrons. The number of aryl methyl sites for hydroxylation is 1. The second-order valence-electron chi connectivity index (χ2n) is 6.88. The van der Waals surface area contributed by atoms with E-state index in [0.29, 0.717) is 18.8 Å². The van der Waals surface area contributed by atoms with Crippen LogP contribution >= 0.6 is 0 Å². The summed E-state index contributed by atoms with van der Waals surface area (Å²) >= 11 is 0. The highest BCUT2D eigenvalue weighted by Gasteiger charge is 2.33. The molecule has 0 N–H and O–H groups in total. The van der Waals surface area contributed by atoms with Gasteiger partial charge >= 0.3 is 0 Å². The molecule has 3 heterocycles. The molecule has 0 spiro atoms. The summed E-state index contributed by atoms with van der Waals surface area (Å²) < 4.78 is 26.3. The third-order valence-electron chi connectivity index (χ3n) is 4.69. The molecular formula is C19H24N4O3S. The molecule has 8 heteroatoms. The van der Waals surface area contributed by atoms with Gasteiger partial charge in [-0.2, -0.15) is 4.31 Å². The van der Waals surface area contributed by atoms with Crippen LogP contribution in [0.1, 0.15) is 34.6 Å². The Bertz CT molecular complexity index is 902. The van der Waals surface area contributed by atoms with Gasteiger partial charge < -0.3 is 4.90 Å². The molecule has 3 rings (SSSR count). The predicted octanol–water partition coefficient (Wildman–Crippen LogP) is 1.85. The number of amides is 1. The van der Waals surface area contributed by atoms with E-state index in [1.807, 2.05) is 25.1 Å². The molecule has 1 saturated heterocycles. The minimum Gasteiger partial charge on any atom is -0.336 e. The van der Waals surface area contributed by atoms with Crippen LogP contribution in [0.2, 0.25) is 0 Å². The van der Waals surface area contributed by atoms with Crippen molar-refractivity contribution in [3.8, 4) is 0 Å². The fourth-order valence-electron chi connectivity index (χ4n) is 3.39. The monoisotopic (exact) mass is 388 g/mol. The molecule has 1 unspecified atom stereocenters. The second kappa shape index (κ2) is 8.14. The van der Waals surface area contributed by atoms with Crippen molar-refractivity contribution >= 4 is 15.9 Å². The molecule has 144 valence electrons. The van der Waals surface area contributed by atoms with E-state index < -0.39 is 10.0 Å². The number of rotatable bonds is 5. The van der Waals surface area contributed by atoms with E-state index in [0.717, 1.165) is 24.1 Å². The lowest BCUT2D eigenvalue weighted by atomic mass is 10.0. The summed E-state index contributed by atoms with van der Waals surface area (Å²) in [6.07, 6.45) is 6.01. The summed E-state index contributed by atoms with van der Waals surface area (Å²) in [6, 6.07) is 8.73. The normalized spacial score (nSPS) is 17.9. The number of sulfonamides is 1. The van der Waals surface area contributed by atoms with Crippen LogP contribution in [-0.2, 0) is 16.6 Å². The number of hydrogen-bond donors (Lipinski definition) is 0. The molecule has 27 heavy (non-hydrogen) atoms. The Kier molecular flexibility index (Phi) is 5.86. The number of piperidine rings is 1. The van der Waals surface area contributed by atoms with E-state index in [1.54, 1.807) is 29.4 Å². The zero-order chi connectivity index (χ0) is 19.4. The molecular weight excluding hydrogens is 364 g/mol. The third-order valence-corrected chi connectivity index (χ3v) is 5.96. The van der Waals surface area contributed by atoms with E-state index in [4.69, 9.17) is 0 Å². The van der Waals surface area contributed by atoms with Crippen LogP contribution in [0.5, 0.6) is 0 Å². The van der Waals surface area contributed by atoms with Crippen molar-refractivity contribution in [1.82, 2.24) is 19.2 Å². The van der Waals surface area contributed by atoms with Gasteiger partial charge in [0, 0.05) is 43.8 Å². The van der Waals surface area contributed by atoms with E-state index in [-0.39, 0.29) is 18.5 Å². The number of likely N-dealkylation sites (tertiary alicyclic amines) is 1. The average molecular weight is 388 g/mol. The Balaban J connectivity index is 1.79. The minimum atomic E-state index is -3.43. The van der Waals surface area contributed by atoms with Crippen LogP contribution in [0.15, 0.2) is 42.7 Å². The van der Waals surface area contributed by atoms with Crippen molar-refractivity contribution in [2.45, 2.75) is 32.4 Å². The van der Waals surface area contributed by atoms with Crippen LogP contribution in [0.25, 0.3) is 0 Å². The molecule has 2 aromatic heterocycles. The highest BCUT2D eigenvalue weighted by molar-refractivity contribution is 7.88. The van der Waals surface area contributed by atoms with Crippen LogP contribution in [0, 0.1) is 6.92 Å². The summed E-state index contributed by atoms with van der Waals surface area (Å²) in [7, 11) is -3.43. The highest BCUT2D eigenvalue weighted by Crippen LogP contribution is 2.22. The van der Waals surface area contributed by atoms with Crippen molar-refractivity contribution < 1.29 is 13.2 Å². The Morgan fingerprint density at radius 3 is 2.78 bits per heavy atom. The van der Waals surface area contributed by atoms with Gasteiger partial charge in [0.2, 0.25) is 10.0 Å². The summed E-state index contributed by atoms with van der Waals surface area (Å²) in [5.74, 6) is -0.154. The molecule has 0 aliphatic carbocycles. The highest BCUT2D eigenvalue weighted by atomic mass is 32.2. The van der Waals surface area contributed by atoms with Crippen LogP contribution < -0.4 is 0 Å². The first-order valence-corrected chi connectivity index (χ1v) is 10.8. The minimum absolute atomic E-state index is 0.154. The number of pyridine rings is 2. The summed E-state index contributed by atoms with van der Waals surface area (Å²) in [5, 5.41) is 0.